The number of likely N-dealkylation sites (tertiary alicyclic amines) is 1. The number of fused-ring (bicyclic) bond motifs is 1. The normalized spacial score (nSPS) is 21.3. The van der Waals surface area contributed by atoms with Gasteiger partial charge >= 0.3 is 12.1 Å². The summed E-state index contributed by atoms with van der Waals surface area (Å²) >= 11 is 0. The van der Waals surface area contributed by atoms with Gasteiger partial charge in [0.15, 0.2) is 0 Å². The molecule has 3 aliphatic rings. The summed E-state index contributed by atoms with van der Waals surface area (Å²) in [6, 6.07) is 0. The molecule has 0 unspecified atom stereocenters. The molecule has 2 aliphatic heterocycles. The van der Waals surface area contributed by atoms with E-state index in [1.165, 1.54) is 43.5 Å². The van der Waals surface area contributed by atoms with Crippen LogP contribution in [0.5, 0.6) is 0 Å². The summed E-state index contributed by atoms with van der Waals surface area (Å²) in [5.74, 6) is -0.826. The molecule has 0 radical (unpaired) electrons. The Labute approximate surface area is 180 Å². The third-order valence-corrected chi connectivity index (χ3v) is 6.09. The number of ether oxygens (including phenoxy) is 2. The van der Waals surface area contributed by atoms with Crippen molar-refractivity contribution in [3.05, 3.63) is 17.2 Å². The number of aliphatic carboxylic acids is 1. The van der Waals surface area contributed by atoms with E-state index in [4.69, 9.17) is 24.4 Å². The van der Waals surface area contributed by atoms with E-state index in [-0.39, 0.29) is 0 Å². The van der Waals surface area contributed by atoms with Gasteiger partial charge in [0, 0.05) is 26.1 Å². The minimum Gasteiger partial charge on any atom is -0.475 e. The molecule has 7 nitrogen and oxygen atoms in total. The number of alkyl halides is 3. The molecule has 1 aromatic heterocycles. The zero-order valence-corrected chi connectivity index (χ0v) is 17.8. The van der Waals surface area contributed by atoms with Crippen LogP contribution in [0.15, 0.2) is 0 Å². The van der Waals surface area contributed by atoms with E-state index in [9.17, 15) is 13.2 Å². The smallest absolute Gasteiger partial charge is 0.475 e. The van der Waals surface area contributed by atoms with Crippen molar-refractivity contribution in [2.24, 2.45) is 5.92 Å². The molecule has 1 aliphatic carbocycles. The molecule has 31 heavy (non-hydrogen) atoms. The molecular formula is C21H32F3N3O4. The Bertz CT molecular complexity index is 673. The zero-order chi connectivity index (χ0) is 22.3. The molecule has 4 rings (SSSR count). The predicted molar refractivity (Wildman–Crippen MR) is 106 cm³/mol. The van der Waals surface area contributed by atoms with Gasteiger partial charge in [-0.25, -0.2) is 9.78 Å². The van der Waals surface area contributed by atoms with Crippen molar-refractivity contribution >= 4 is 5.97 Å². The van der Waals surface area contributed by atoms with Gasteiger partial charge in [0.25, 0.3) is 0 Å². The fourth-order valence-corrected chi connectivity index (χ4v) is 4.32. The van der Waals surface area contributed by atoms with Crippen LogP contribution in [0.1, 0.15) is 62.2 Å². The van der Waals surface area contributed by atoms with E-state index >= 15 is 0 Å². The summed E-state index contributed by atoms with van der Waals surface area (Å²) in [7, 11) is 0. The van der Waals surface area contributed by atoms with Crippen molar-refractivity contribution in [1.29, 1.82) is 0 Å². The topological polar surface area (TPSA) is 87.7 Å². The highest BCUT2D eigenvalue weighted by atomic mass is 19.4. The number of nitrogens with one attached hydrogen (secondary N) is 1. The second kappa shape index (κ2) is 11.3. The number of carboxylic acids is 1. The van der Waals surface area contributed by atoms with E-state index in [1.807, 2.05) is 0 Å². The average Bonchev–Trinajstić information content (AvgIpc) is 3.16. The lowest BCUT2D eigenvalue weighted by Crippen LogP contribution is -2.37. The van der Waals surface area contributed by atoms with Crippen LogP contribution in [0.25, 0.3) is 0 Å². The number of imidazole rings is 1. The Morgan fingerprint density at radius 2 is 1.87 bits per heavy atom. The van der Waals surface area contributed by atoms with Crippen molar-refractivity contribution in [3.8, 4) is 0 Å². The number of nitrogens with zero attached hydrogens (tertiary/aromatic N) is 2. The van der Waals surface area contributed by atoms with Gasteiger partial charge in [-0.05, 0) is 31.6 Å². The van der Waals surface area contributed by atoms with Gasteiger partial charge in [-0.3, -0.25) is 4.90 Å². The number of piperidine rings is 1. The summed E-state index contributed by atoms with van der Waals surface area (Å²) in [5.41, 5.74) is 2.39. The molecule has 1 saturated heterocycles. The van der Waals surface area contributed by atoms with Crippen molar-refractivity contribution in [2.75, 3.05) is 26.3 Å². The first-order valence-electron chi connectivity index (χ1n) is 11.1. The predicted octanol–water partition coefficient (Wildman–Crippen LogP) is 3.68. The lowest BCUT2D eigenvalue weighted by Gasteiger charge is -2.32. The van der Waals surface area contributed by atoms with Gasteiger partial charge in [-0.15, -0.1) is 0 Å². The maximum Gasteiger partial charge on any atom is 0.490 e. The van der Waals surface area contributed by atoms with Gasteiger partial charge < -0.3 is 19.6 Å². The number of hydrogen-bond donors (Lipinski definition) is 2. The molecule has 0 aromatic carbocycles. The number of hydrogen-bond acceptors (Lipinski definition) is 5. The molecule has 0 atom stereocenters. The SMILES string of the molecule is C1CCC(COC2CCN(Cc3nc4c([nH]3)COCC4)CC2)CC1.O=C(O)C(F)(F)F. The van der Waals surface area contributed by atoms with Crippen LogP contribution in [-0.2, 0) is 33.8 Å². The first-order chi connectivity index (χ1) is 14.8. The standard InChI is InChI=1S/C19H31N3O2.C2HF3O2/c1-2-4-15(5-3-1)13-24-16-6-9-22(10-7-16)12-19-20-17-8-11-23-14-18(17)21-19;3-2(4,5)1(6)7/h15-16H,1-14H2,(H,20,21);(H,6,7). The van der Waals surface area contributed by atoms with Crippen LogP contribution in [0.2, 0.25) is 0 Å². The molecule has 0 spiro atoms. The van der Waals surface area contributed by atoms with Crippen LogP contribution >= 0.6 is 0 Å². The molecule has 1 aromatic rings. The number of H-pyrrole nitrogens is 1. The van der Waals surface area contributed by atoms with Crippen LogP contribution in [-0.4, -0.2) is 64.5 Å². The molecule has 0 bridgehead atoms. The van der Waals surface area contributed by atoms with Crippen molar-refractivity contribution in [1.82, 2.24) is 14.9 Å². The molecule has 176 valence electrons. The minimum absolute atomic E-state index is 0.474. The van der Waals surface area contributed by atoms with E-state index in [0.717, 1.165) is 63.9 Å². The molecule has 10 heteroatoms. The summed E-state index contributed by atoms with van der Waals surface area (Å²) < 4.78 is 43.4. The molecular weight excluding hydrogens is 415 g/mol. The van der Waals surface area contributed by atoms with Crippen molar-refractivity contribution < 1.29 is 32.5 Å². The Hall–Kier alpha value is -1.65. The molecule has 2 fully saturated rings. The maximum atomic E-state index is 10.6. The second-order valence-electron chi connectivity index (χ2n) is 8.53. The molecule has 3 heterocycles. The lowest BCUT2D eigenvalue weighted by molar-refractivity contribution is -0.192. The van der Waals surface area contributed by atoms with Crippen LogP contribution < -0.4 is 0 Å². The number of aromatic amines is 1. The van der Waals surface area contributed by atoms with E-state index in [0.29, 0.717) is 12.7 Å². The number of carbonyl (C=O) groups is 1. The van der Waals surface area contributed by atoms with Crippen molar-refractivity contribution in [3.63, 3.8) is 0 Å². The van der Waals surface area contributed by atoms with Gasteiger partial charge in [0.05, 0.1) is 37.3 Å². The summed E-state index contributed by atoms with van der Waals surface area (Å²) in [4.78, 5) is 19.6. The average molecular weight is 447 g/mol. The Kier molecular flexibility index (Phi) is 8.74. The maximum absolute atomic E-state index is 10.6. The van der Waals surface area contributed by atoms with E-state index in [2.05, 4.69) is 9.88 Å². The first-order valence-corrected chi connectivity index (χ1v) is 11.1. The fraction of sp³-hybridized carbons (Fsp3) is 0.810. The third-order valence-electron chi connectivity index (χ3n) is 6.09. The highest BCUT2D eigenvalue weighted by Gasteiger charge is 2.38. The first kappa shape index (κ1) is 24.0. The molecule has 1 saturated carbocycles. The zero-order valence-electron chi connectivity index (χ0n) is 17.8. The number of carboxylic acid groups (broad SMARTS) is 1. The summed E-state index contributed by atoms with van der Waals surface area (Å²) in [5, 5.41) is 7.12. The Morgan fingerprint density at radius 1 is 1.19 bits per heavy atom. The van der Waals surface area contributed by atoms with Crippen LogP contribution in [0, 0.1) is 5.92 Å². The third kappa shape index (κ3) is 7.76. The quantitative estimate of drug-likeness (QED) is 0.716. The second-order valence-corrected chi connectivity index (χ2v) is 8.53. The highest BCUT2D eigenvalue weighted by molar-refractivity contribution is 5.73. The van der Waals surface area contributed by atoms with Gasteiger partial charge in [-0.2, -0.15) is 13.2 Å². The molecule has 0 amide bonds. The van der Waals surface area contributed by atoms with Gasteiger partial charge in [0.1, 0.15) is 5.82 Å². The Morgan fingerprint density at radius 3 is 2.48 bits per heavy atom. The van der Waals surface area contributed by atoms with Crippen LogP contribution in [0.4, 0.5) is 13.2 Å². The fourth-order valence-electron chi connectivity index (χ4n) is 4.32. The van der Waals surface area contributed by atoms with Crippen LogP contribution in [0.3, 0.4) is 0 Å². The lowest BCUT2D eigenvalue weighted by atomic mass is 9.90. The highest BCUT2D eigenvalue weighted by Crippen LogP contribution is 2.25. The van der Waals surface area contributed by atoms with E-state index in [1.54, 1.807) is 0 Å². The Balaban J connectivity index is 0.000000339. The summed E-state index contributed by atoms with van der Waals surface area (Å²) in [6.45, 7) is 5.67. The van der Waals surface area contributed by atoms with E-state index < -0.39 is 12.1 Å². The number of halogens is 3. The number of rotatable bonds is 5. The number of aromatic nitrogens is 2. The van der Waals surface area contributed by atoms with Gasteiger partial charge in [-0.1, -0.05) is 19.3 Å². The van der Waals surface area contributed by atoms with Gasteiger partial charge in [0.2, 0.25) is 0 Å². The molecule has 2 N–H and O–H groups in total. The summed E-state index contributed by atoms with van der Waals surface area (Å²) in [6.07, 6.45) is 5.67. The monoisotopic (exact) mass is 447 g/mol. The minimum atomic E-state index is -5.08. The van der Waals surface area contributed by atoms with Crippen molar-refractivity contribution in [2.45, 2.75) is 76.8 Å². The largest absolute Gasteiger partial charge is 0.490 e.